The lowest BCUT2D eigenvalue weighted by atomic mass is 10.1. The smallest absolute Gasteiger partial charge is 0.333 e. The Labute approximate surface area is 104 Å². The molecule has 0 aromatic carbocycles. The van der Waals surface area contributed by atoms with Crippen molar-refractivity contribution in [2.75, 3.05) is 19.8 Å². The number of carboxylic acid groups (broad SMARTS) is 2. The average Bonchev–Trinajstić information content (AvgIpc) is 2.30. The first-order chi connectivity index (χ1) is 8.38. The largest absolute Gasteiger partial charge is 0.481 e. The van der Waals surface area contributed by atoms with Crippen LogP contribution in [0.25, 0.3) is 0 Å². The van der Waals surface area contributed by atoms with Gasteiger partial charge in [-0.15, -0.1) is 0 Å². The van der Waals surface area contributed by atoms with Crippen molar-refractivity contribution in [2.24, 2.45) is 5.92 Å². The Kier molecular flexibility index (Phi) is 13.0. The van der Waals surface area contributed by atoms with Crippen molar-refractivity contribution in [2.45, 2.75) is 25.4 Å². The maximum Gasteiger partial charge on any atom is 0.333 e. The molecule has 0 aromatic rings. The molecule has 0 fully saturated rings. The van der Waals surface area contributed by atoms with Crippen molar-refractivity contribution in [3.63, 3.8) is 0 Å². The molecule has 0 radical (unpaired) electrons. The van der Waals surface area contributed by atoms with E-state index in [1.54, 1.807) is 0 Å². The fraction of sp³-hybridized carbons (Fsp3) is 0.800. The van der Waals surface area contributed by atoms with Gasteiger partial charge in [0, 0.05) is 25.7 Å². The zero-order chi connectivity index (χ0) is 14.6. The lowest BCUT2D eigenvalue weighted by molar-refractivity contribution is -0.152. The number of carboxylic acids is 2. The van der Waals surface area contributed by atoms with E-state index < -0.39 is 24.5 Å². The Morgan fingerprint density at radius 1 is 1.00 bits per heavy atom. The SMILES string of the molecule is O=C(O)CC(O)C(=O)O.OCCCC(CO)CO. The molecule has 0 saturated carbocycles. The summed E-state index contributed by atoms with van der Waals surface area (Å²) in [7, 11) is 0. The summed E-state index contributed by atoms with van der Waals surface area (Å²) in [6.07, 6.45) is -1.19. The number of aliphatic hydroxyl groups excluding tert-OH is 4. The molecule has 0 aliphatic heterocycles. The highest BCUT2D eigenvalue weighted by Gasteiger charge is 2.16. The van der Waals surface area contributed by atoms with E-state index in [2.05, 4.69) is 0 Å². The molecule has 18 heavy (non-hydrogen) atoms. The third kappa shape index (κ3) is 12.8. The predicted molar refractivity (Wildman–Crippen MR) is 59.9 cm³/mol. The van der Waals surface area contributed by atoms with Gasteiger partial charge in [0.05, 0.1) is 6.42 Å². The molecule has 0 heterocycles. The Hall–Kier alpha value is -1.22. The third-order valence-electron chi connectivity index (χ3n) is 1.94. The van der Waals surface area contributed by atoms with E-state index in [0.29, 0.717) is 12.8 Å². The number of rotatable bonds is 8. The molecule has 8 heteroatoms. The van der Waals surface area contributed by atoms with E-state index in [9.17, 15) is 9.59 Å². The summed E-state index contributed by atoms with van der Waals surface area (Å²) in [5, 5.41) is 49.5. The van der Waals surface area contributed by atoms with E-state index >= 15 is 0 Å². The fourth-order valence-corrected chi connectivity index (χ4v) is 0.873. The molecule has 0 rings (SSSR count). The Balaban J connectivity index is 0. The van der Waals surface area contributed by atoms with Gasteiger partial charge in [0.1, 0.15) is 0 Å². The molecule has 108 valence electrons. The summed E-state index contributed by atoms with van der Waals surface area (Å²) in [5.41, 5.74) is 0. The van der Waals surface area contributed by atoms with Crippen LogP contribution in [0.5, 0.6) is 0 Å². The Morgan fingerprint density at radius 2 is 1.50 bits per heavy atom. The summed E-state index contributed by atoms with van der Waals surface area (Å²) in [6, 6.07) is 0. The van der Waals surface area contributed by atoms with E-state index in [-0.39, 0.29) is 25.7 Å². The average molecular weight is 268 g/mol. The normalized spacial score (nSPS) is 11.6. The lowest BCUT2D eigenvalue weighted by Gasteiger charge is -2.07. The highest BCUT2D eigenvalue weighted by atomic mass is 16.4. The van der Waals surface area contributed by atoms with Crippen LogP contribution in [0.2, 0.25) is 0 Å². The first kappa shape index (κ1) is 19.1. The Morgan fingerprint density at radius 3 is 1.72 bits per heavy atom. The van der Waals surface area contributed by atoms with E-state index in [1.807, 2.05) is 0 Å². The first-order valence-electron chi connectivity index (χ1n) is 5.34. The van der Waals surface area contributed by atoms with Crippen LogP contribution in [0.3, 0.4) is 0 Å². The number of hydrogen-bond acceptors (Lipinski definition) is 6. The van der Waals surface area contributed by atoms with Crippen molar-refractivity contribution in [1.29, 1.82) is 0 Å². The van der Waals surface area contributed by atoms with E-state index in [0.717, 1.165) is 0 Å². The third-order valence-corrected chi connectivity index (χ3v) is 1.94. The number of hydrogen-bond donors (Lipinski definition) is 6. The van der Waals surface area contributed by atoms with Crippen molar-refractivity contribution < 1.29 is 40.2 Å². The molecule has 1 atom stereocenters. The van der Waals surface area contributed by atoms with Crippen LogP contribution in [0.15, 0.2) is 0 Å². The van der Waals surface area contributed by atoms with Crippen LogP contribution in [0, 0.1) is 5.92 Å². The monoisotopic (exact) mass is 268 g/mol. The highest BCUT2D eigenvalue weighted by molar-refractivity contribution is 5.79. The molecule has 1 unspecified atom stereocenters. The predicted octanol–water partition coefficient (Wildman–Crippen LogP) is -1.73. The number of aliphatic carboxylic acids is 2. The summed E-state index contributed by atoms with van der Waals surface area (Å²) in [6.45, 7) is 0.156. The summed E-state index contributed by atoms with van der Waals surface area (Å²) in [4.78, 5) is 19.4. The molecule has 0 aliphatic rings. The molecule has 0 bridgehead atoms. The fourth-order valence-electron chi connectivity index (χ4n) is 0.873. The highest BCUT2D eigenvalue weighted by Crippen LogP contribution is 2.02. The molecule has 6 N–H and O–H groups in total. The molecule has 0 spiro atoms. The molecule has 0 amide bonds. The Bertz CT molecular complexity index is 226. The van der Waals surface area contributed by atoms with Crippen LogP contribution in [0.4, 0.5) is 0 Å². The number of aliphatic hydroxyl groups is 4. The van der Waals surface area contributed by atoms with E-state index in [1.165, 1.54) is 0 Å². The molecule has 0 aromatic heterocycles. The molecule has 0 saturated heterocycles. The topological polar surface area (TPSA) is 156 Å². The molecular formula is C10H20O8. The maximum atomic E-state index is 9.72. The van der Waals surface area contributed by atoms with Gasteiger partial charge in [0.15, 0.2) is 6.10 Å². The number of carbonyl (C=O) groups is 2. The van der Waals surface area contributed by atoms with Crippen LogP contribution < -0.4 is 0 Å². The van der Waals surface area contributed by atoms with Crippen molar-refractivity contribution in [3.8, 4) is 0 Å². The maximum absolute atomic E-state index is 9.72. The summed E-state index contributed by atoms with van der Waals surface area (Å²) < 4.78 is 0. The summed E-state index contributed by atoms with van der Waals surface area (Å²) >= 11 is 0. The van der Waals surface area contributed by atoms with Gasteiger partial charge in [-0.05, 0) is 12.8 Å². The molecule has 8 nitrogen and oxygen atoms in total. The van der Waals surface area contributed by atoms with Gasteiger partial charge in [0.25, 0.3) is 0 Å². The van der Waals surface area contributed by atoms with Crippen LogP contribution in [-0.4, -0.2) is 68.5 Å². The minimum atomic E-state index is -1.79. The van der Waals surface area contributed by atoms with Crippen molar-refractivity contribution in [1.82, 2.24) is 0 Å². The van der Waals surface area contributed by atoms with Crippen LogP contribution >= 0.6 is 0 Å². The quantitative estimate of drug-likeness (QED) is 0.303. The van der Waals surface area contributed by atoms with Crippen molar-refractivity contribution in [3.05, 3.63) is 0 Å². The second kappa shape index (κ2) is 12.2. The summed E-state index contributed by atoms with van der Waals surface area (Å²) in [5.74, 6) is -2.89. The molecule has 0 aliphatic carbocycles. The standard InChI is InChI=1S/C6H14O3.C4H6O5/c7-3-1-2-6(4-8)5-9;5-2(4(8)9)1-3(6)7/h6-9H,1-5H2;2,5H,1H2,(H,6,7)(H,8,9). The zero-order valence-corrected chi connectivity index (χ0v) is 9.90. The van der Waals surface area contributed by atoms with Crippen molar-refractivity contribution >= 4 is 11.9 Å². The van der Waals surface area contributed by atoms with Gasteiger partial charge in [0.2, 0.25) is 0 Å². The minimum Gasteiger partial charge on any atom is -0.481 e. The van der Waals surface area contributed by atoms with Crippen LogP contribution in [0.1, 0.15) is 19.3 Å². The molecular weight excluding hydrogens is 248 g/mol. The second-order valence-corrected chi connectivity index (χ2v) is 3.55. The van der Waals surface area contributed by atoms with Gasteiger partial charge in [-0.2, -0.15) is 0 Å². The van der Waals surface area contributed by atoms with E-state index in [4.69, 9.17) is 30.6 Å². The lowest BCUT2D eigenvalue weighted by Crippen LogP contribution is -2.22. The minimum absolute atomic E-state index is 0.0104. The van der Waals surface area contributed by atoms with Gasteiger partial charge in [-0.25, -0.2) is 4.79 Å². The van der Waals surface area contributed by atoms with Crippen LogP contribution in [-0.2, 0) is 9.59 Å². The second-order valence-electron chi connectivity index (χ2n) is 3.55. The zero-order valence-electron chi connectivity index (χ0n) is 9.90. The first-order valence-corrected chi connectivity index (χ1v) is 5.34. The van der Waals surface area contributed by atoms with Gasteiger partial charge >= 0.3 is 11.9 Å². The van der Waals surface area contributed by atoms with Gasteiger partial charge in [-0.3, -0.25) is 4.79 Å². The van der Waals surface area contributed by atoms with Gasteiger partial charge < -0.3 is 30.6 Å². The van der Waals surface area contributed by atoms with Gasteiger partial charge in [-0.1, -0.05) is 0 Å².